The lowest BCUT2D eigenvalue weighted by Gasteiger charge is -2.11. The highest BCUT2D eigenvalue weighted by Crippen LogP contribution is 2.35. The predicted octanol–water partition coefficient (Wildman–Crippen LogP) is 3.42. The number of ketones is 1. The van der Waals surface area contributed by atoms with Crippen LogP contribution in [0.5, 0.6) is 5.75 Å². The minimum atomic E-state index is -0.00174. The molecule has 17 heavy (non-hydrogen) atoms. The molecule has 3 nitrogen and oxygen atoms in total. The van der Waals surface area contributed by atoms with Crippen molar-refractivity contribution < 1.29 is 9.53 Å². The van der Waals surface area contributed by atoms with Gasteiger partial charge in [0.25, 0.3) is 0 Å². The highest BCUT2D eigenvalue weighted by Gasteiger charge is 2.22. The lowest BCUT2D eigenvalue weighted by molar-refractivity contribution is 0.0921. The second-order valence-electron chi connectivity index (χ2n) is 3.71. The van der Waals surface area contributed by atoms with Gasteiger partial charge in [-0.25, -0.2) is 0 Å². The van der Waals surface area contributed by atoms with Crippen molar-refractivity contribution in [3.63, 3.8) is 0 Å². The first kappa shape index (κ1) is 11.3. The van der Waals surface area contributed by atoms with E-state index in [4.69, 9.17) is 4.74 Å². The van der Waals surface area contributed by atoms with Crippen molar-refractivity contribution in [3.8, 4) is 11.4 Å². The van der Waals surface area contributed by atoms with Gasteiger partial charge in [-0.3, -0.25) is 4.79 Å². The Hall–Kier alpha value is -0.820. The van der Waals surface area contributed by atoms with Crippen LogP contribution < -0.4 is 4.74 Å². The van der Waals surface area contributed by atoms with Crippen molar-refractivity contribution in [3.05, 3.63) is 44.2 Å². The number of halogens is 2. The molecule has 1 aromatic carbocycles. The van der Waals surface area contributed by atoms with Gasteiger partial charge in [-0.2, -0.15) is 0 Å². The summed E-state index contributed by atoms with van der Waals surface area (Å²) in [5, 5.41) is 0. The smallest absolute Gasteiger partial charge is 0.216 e. The van der Waals surface area contributed by atoms with E-state index in [-0.39, 0.29) is 12.4 Å². The Morgan fingerprint density at radius 3 is 3.06 bits per heavy atom. The second kappa shape index (κ2) is 4.13. The van der Waals surface area contributed by atoms with Crippen molar-refractivity contribution >= 4 is 44.3 Å². The molecule has 1 aliphatic heterocycles. The minimum absolute atomic E-state index is 0.00174. The summed E-state index contributed by atoms with van der Waals surface area (Å²) >= 11 is 5.67. The van der Waals surface area contributed by atoms with Crippen LogP contribution in [0.15, 0.2) is 34.9 Å². The fourth-order valence-corrected chi connectivity index (χ4v) is 3.54. The van der Waals surface area contributed by atoms with Crippen LogP contribution in [0.3, 0.4) is 0 Å². The normalized spacial score (nSPS) is 13.6. The fraction of sp³-hybridized carbons (Fsp3) is 0.0833. The highest BCUT2D eigenvalue weighted by molar-refractivity contribution is 14.1. The maximum Gasteiger partial charge on any atom is 0.216 e. The van der Waals surface area contributed by atoms with E-state index < -0.39 is 0 Å². The van der Waals surface area contributed by atoms with Crippen LogP contribution >= 0.6 is 38.5 Å². The van der Waals surface area contributed by atoms with E-state index >= 15 is 0 Å². The molecule has 0 bridgehead atoms. The number of carbonyl (C=O) groups is 1. The number of carbonyl (C=O) groups excluding carboxylic acids is 1. The third-order valence-corrected chi connectivity index (χ3v) is 3.89. The summed E-state index contributed by atoms with van der Waals surface area (Å²) in [7, 11) is 0. The molecule has 0 fully saturated rings. The molecule has 0 radical (unpaired) electrons. The number of nitrogens with zero attached hydrogens (tertiary/aromatic N) is 1. The third kappa shape index (κ3) is 1.81. The number of hydrogen-bond donors (Lipinski definition) is 0. The van der Waals surface area contributed by atoms with Crippen molar-refractivity contribution in [2.24, 2.45) is 0 Å². The number of aromatic nitrogens is 1. The molecule has 0 saturated carbocycles. The molecule has 86 valence electrons. The van der Waals surface area contributed by atoms with Crippen molar-refractivity contribution in [1.82, 2.24) is 4.57 Å². The van der Waals surface area contributed by atoms with E-state index in [1.54, 1.807) is 0 Å². The second-order valence-corrected chi connectivity index (χ2v) is 5.79. The van der Waals surface area contributed by atoms with E-state index in [1.807, 2.05) is 35.0 Å². The average Bonchev–Trinajstić information content (AvgIpc) is 2.70. The summed E-state index contributed by atoms with van der Waals surface area (Å²) in [6.45, 7) is 0.0919. The molecule has 0 unspecified atom stereocenters. The van der Waals surface area contributed by atoms with Gasteiger partial charge in [-0.1, -0.05) is 15.9 Å². The molecule has 0 amide bonds. The van der Waals surface area contributed by atoms with Crippen molar-refractivity contribution in [2.45, 2.75) is 0 Å². The quantitative estimate of drug-likeness (QED) is 0.631. The van der Waals surface area contributed by atoms with Gasteiger partial charge >= 0.3 is 0 Å². The van der Waals surface area contributed by atoms with Gasteiger partial charge in [0.1, 0.15) is 0 Å². The number of benzene rings is 1. The van der Waals surface area contributed by atoms with Crippen molar-refractivity contribution in [1.29, 1.82) is 0 Å². The van der Waals surface area contributed by atoms with E-state index in [0.29, 0.717) is 5.69 Å². The molecular formula is C12H7BrINO2. The molecule has 0 aliphatic carbocycles. The maximum absolute atomic E-state index is 11.9. The topological polar surface area (TPSA) is 31.2 Å². The van der Waals surface area contributed by atoms with Crippen LogP contribution in [0.2, 0.25) is 0 Å². The molecular weight excluding hydrogens is 397 g/mol. The Labute approximate surface area is 120 Å². The Kier molecular flexibility index (Phi) is 2.74. The van der Waals surface area contributed by atoms with Crippen LogP contribution in [0.4, 0.5) is 0 Å². The first-order valence-corrected chi connectivity index (χ1v) is 6.87. The lowest BCUT2D eigenvalue weighted by atomic mass is 10.2. The standard InChI is InChI=1S/C12H7BrINO2/c13-7-4-8(14)12-10(5-7)15-3-1-2-9(15)11(16)6-17-12/h1-5H,6H2. The molecule has 0 saturated heterocycles. The van der Waals surface area contributed by atoms with Gasteiger partial charge in [0.15, 0.2) is 12.4 Å². The van der Waals surface area contributed by atoms with E-state index in [1.165, 1.54) is 0 Å². The van der Waals surface area contributed by atoms with Crippen LogP contribution in [-0.4, -0.2) is 17.0 Å². The summed E-state index contributed by atoms with van der Waals surface area (Å²) in [6, 6.07) is 7.61. The molecule has 2 heterocycles. The molecule has 1 aromatic heterocycles. The van der Waals surface area contributed by atoms with Crippen LogP contribution in [0.25, 0.3) is 5.69 Å². The first-order valence-electron chi connectivity index (χ1n) is 4.99. The molecule has 5 heteroatoms. The summed E-state index contributed by atoms with van der Waals surface area (Å²) < 4.78 is 9.42. The van der Waals surface area contributed by atoms with Gasteiger partial charge < -0.3 is 9.30 Å². The predicted molar refractivity (Wildman–Crippen MR) is 76.0 cm³/mol. The zero-order valence-electron chi connectivity index (χ0n) is 8.61. The Morgan fingerprint density at radius 2 is 2.24 bits per heavy atom. The summed E-state index contributed by atoms with van der Waals surface area (Å²) in [5.74, 6) is 0.759. The first-order chi connectivity index (χ1) is 8.16. The Morgan fingerprint density at radius 1 is 1.41 bits per heavy atom. The fourth-order valence-electron chi connectivity index (χ4n) is 1.90. The summed E-state index contributed by atoms with van der Waals surface area (Å²) in [6.07, 6.45) is 1.88. The van der Waals surface area contributed by atoms with Gasteiger partial charge in [0, 0.05) is 10.7 Å². The number of fused-ring (bicyclic) bond motifs is 3. The van der Waals surface area contributed by atoms with E-state index in [0.717, 1.165) is 19.5 Å². The molecule has 0 spiro atoms. The number of hydrogen-bond acceptors (Lipinski definition) is 2. The van der Waals surface area contributed by atoms with E-state index in [9.17, 15) is 4.79 Å². The van der Waals surface area contributed by atoms with Crippen LogP contribution in [0.1, 0.15) is 10.5 Å². The monoisotopic (exact) mass is 403 g/mol. The van der Waals surface area contributed by atoms with Gasteiger partial charge in [0.2, 0.25) is 5.78 Å². The molecule has 2 aromatic rings. The molecule has 0 atom stereocenters. The summed E-state index contributed by atoms with van der Waals surface area (Å²) in [4.78, 5) is 11.9. The molecule has 0 N–H and O–H groups in total. The Balaban J connectivity index is 2.34. The summed E-state index contributed by atoms with van der Waals surface area (Å²) in [5.41, 5.74) is 1.56. The Bertz CT molecular complexity index is 621. The SMILES string of the molecule is O=C1COc2c(I)cc(Br)cc2-n2cccc21. The zero-order valence-corrected chi connectivity index (χ0v) is 12.4. The van der Waals surface area contributed by atoms with Gasteiger partial charge in [-0.05, 0) is 46.9 Å². The lowest BCUT2D eigenvalue weighted by Crippen LogP contribution is -2.10. The maximum atomic E-state index is 11.9. The van der Waals surface area contributed by atoms with Crippen molar-refractivity contribution in [2.75, 3.05) is 6.61 Å². The average molecular weight is 404 g/mol. The van der Waals surface area contributed by atoms with Gasteiger partial charge in [-0.15, -0.1) is 0 Å². The van der Waals surface area contributed by atoms with Crippen LogP contribution in [-0.2, 0) is 0 Å². The molecule has 1 aliphatic rings. The number of rotatable bonds is 0. The minimum Gasteiger partial charge on any atom is -0.482 e. The largest absolute Gasteiger partial charge is 0.482 e. The van der Waals surface area contributed by atoms with Gasteiger partial charge in [0.05, 0.1) is 15.0 Å². The zero-order chi connectivity index (χ0) is 12.0. The van der Waals surface area contributed by atoms with Crippen LogP contribution in [0, 0.1) is 3.57 Å². The third-order valence-electron chi connectivity index (χ3n) is 2.63. The van der Waals surface area contributed by atoms with E-state index in [2.05, 4.69) is 38.5 Å². The number of ether oxygens (including phenoxy) is 1. The molecule has 3 rings (SSSR count). The highest BCUT2D eigenvalue weighted by atomic mass is 127. The number of Topliss-reactive ketones (excluding diaryl/α,β-unsaturated/α-hetero) is 1.